The first-order valence-corrected chi connectivity index (χ1v) is 12.1. The van der Waals surface area contributed by atoms with Crippen LogP contribution in [0.25, 0.3) is 16.8 Å². The summed E-state index contributed by atoms with van der Waals surface area (Å²) in [5.41, 5.74) is 2.48. The Kier molecular flexibility index (Phi) is 6.70. The number of ether oxygens (including phenoxy) is 1. The number of anilines is 1. The van der Waals surface area contributed by atoms with Gasteiger partial charge in [0.2, 0.25) is 0 Å². The highest BCUT2D eigenvalue weighted by molar-refractivity contribution is 6.42. The summed E-state index contributed by atoms with van der Waals surface area (Å²) < 4.78 is 6.11. The molecule has 1 saturated heterocycles. The van der Waals surface area contributed by atoms with Gasteiger partial charge >= 0.3 is 6.03 Å². The van der Waals surface area contributed by atoms with E-state index in [0.717, 1.165) is 26.8 Å². The van der Waals surface area contributed by atoms with Crippen LogP contribution in [0.3, 0.4) is 0 Å². The summed E-state index contributed by atoms with van der Waals surface area (Å²) in [6.07, 6.45) is 1.47. The SMILES string of the molecule is Cc1ccc(N2C(=O)NC(=O)/C(=C\c3c(OCc4ccc(Cl)c(Cl)c4)ccc4ccccc34)C2=O)cc1. The largest absolute Gasteiger partial charge is 0.488 e. The van der Waals surface area contributed by atoms with Crippen LogP contribution in [0.15, 0.2) is 84.4 Å². The number of halogens is 2. The van der Waals surface area contributed by atoms with Crippen molar-refractivity contribution in [2.45, 2.75) is 13.5 Å². The van der Waals surface area contributed by atoms with E-state index >= 15 is 0 Å². The molecule has 1 fully saturated rings. The predicted octanol–water partition coefficient (Wildman–Crippen LogP) is 6.70. The van der Waals surface area contributed by atoms with E-state index in [1.165, 1.54) is 6.08 Å². The monoisotopic (exact) mass is 530 g/mol. The molecular weight excluding hydrogens is 511 g/mol. The minimum atomic E-state index is -0.801. The van der Waals surface area contributed by atoms with Gasteiger partial charge in [0.25, 0.3) is 11.8 Å². The maximum atomic E-state index is 13.4. The van der Waals surface area contributed by atoms with Gasteiger partial charge < -0.3 is 4.74 Å². The Morgan fingerprint density at radius 2 is 1.65 bits per heavy atom. The van der Waals surface area contributed by atoms with Gasteiger partial charge in [-0.05, 0) is 59.7 Å². The van der Waals surface area contributed by atoms with Crippen LogP contribution in [0.4, 0.5) is 10.5 Å². The molecule has 8 heteroatoms. The van der Waals surface area contributed by atoms with Gasteiger partial charge in [-0.1, -0.05) is 77.3 Å². The Hall–Kier alpha value is -4.13. The van der Waals surface area contributed by atoms with Crippen LogP contribution in [0.1, 0.15) is 16.7 Å². The first-order chi connectivity index (χ1) is 17.8. The average Bonchev–Trinajstić information content (AvgIpc) is 2.88. The Bertz CT molecular complexity index is 1600. The van der Waals surface area contributed by atoms with Crippen molar-refractivity contribution in [2.75, 3.05) is 4.90 Å². The molecule has 1 aliphatic rings. The predicted molar refractivity (Wildman–Crippen MR) is 145 cm³/mol. The number of hydrogen-bond donors (Lipinski definition) is 1. The van der Waals surface area contributed by atoms with Crippen molar-refractivity contribution < 1.29 is 19.1 Å². The second-order valence-corrected chi connectivity index (χ2v) is 9.34. The van der Waals surface area contributed by atoms with Crippen molar-refractivity contribution in [1.82, 2.24) is 5.32 Å². The number of nitrogens with zero attached hydrogens (tertiary/aromatic N) is 1. The van der Waals surface area contributed by atoms with Gasteiger partial charge in [-0.3, -0.25) is 14.9 Å². The van der Waals surface area contributed by atoms with Crippen molar-refractivity contribution in [3.05, 3.63) is 111 Å². The number of carbonyl (C=O) groups excluding carboxylic acids is 3. The molecule has 0 saturated carbocycles. The van der Waals surface area contributed by atoms with Crippen LogP contribution in [0.5, 0.6) is 5.75 Å². The van der Waals surface area contributed by atoms with Crippen molar-refractivity contribution >= 4 is 63.6 Å². The zero-order valence-electron chi connectivity index (χ0n) is 19.6. The zero-order chi connectivity index (χ0) is 26.1. The number of rotatable bonds is 5. The Balaban J connectivity index is 1.57. The van der Waals surface area contributed by atoms with E-state index in [4.69, 9.17) is 27.9 Å². The number of hydrogen-bond acceptors (Lipinski definition) is 4. The third-order valence-electron chi connectivity index (χ3n) is 5.99. The summed E-state index contributed by atoms with van der Waals surface area (Å²) in [4.78, 5) is 39.8. The third-order valence-corrected chi connectivity index (χ3v) is 6.73. The van der Waals surface area contributed by atoms with Crippen LogP contribution in [0, 0.1) is 6.92 Å². The summed E-state index contributed by atoms with van der Waals surface area (Å²) in [5.74, 6) is -1.04. The summed E-state index contributed by atoms with van der Waals surface area (Å²) in [6, 6.07) is 22.5. The van der Waals surface area contributed by atoms with E-state index in [1.54, 1.807) is 48.5 Å². The van der Waals surface area contributed by atoms with Crippen molar-refractivity contribution in [3.63, 3.8) is 0 Å². The smallest absolute Gasteiger partial charge is 0.335 e. The third kappa shape index (κ3) is 4.94. The van der Waals surface area contributed by atoms with E-state index < -0.39 is 17.8 Å². The van der Waals surface area contributed by atoms with Gasteiger partial charge in [0.15, 0.2) is 0 Å². The van der Waals surface area contributed by atoms with Crippen LogP contribution < -0.4 is 15.0 Å². The Morgan fingerprint density at radius 1 is 0.892 bits per heavy atom. The molecule has 4 amide bonds. The molecule has 184 valence electrons. The number of aryl methyl sites for hydroxylation is 1. The topological polar surface area (TPSA) is 75.7 Å². The summed E-state index contributed by atoms with van der Waals surface area (Å²) in [7, 11) is 0. The number of amides is 4. The second kappa shape index (κ2) is 10.1. The fourth-order valence-corrected chi connectivity index (χ4v) is 4.39. The highest BCUT2D eigenvalue weighted by atomic mass is 35.5. The van der Waals surface area contributed by atoms with Gasteiger partial charge in [-0.2, -0.15) is 0 Å². The van der Waals surface area contributed by atoms with E-state index in [1.807, 2.05) is 37.3 Å². The van der Waals surface area contributed by atoms with Crippen LogP contribution in [-0.4, -0.2) is 17.8 Å². The maximum absolute atomic E-state index is 13.4. The number of fused-ring (bicyclic) bond motifs is 1. The van der Waals surface area contributed by atoms with Crippen molar-refractivity contribution in [2.24, 2.45) is 0 Å². The van der Waals surface area contributed by atoms with Crippen LogP contribution in [-0.2, 0) is 16.2 Å². The van der Waals surface area contributed by atoms with Gasteiger partial charge in [0.05, 0.1) is 15.7 Å². The number of carbonyl (C=O) groups is 3. The number of barbiturate groups is 1. The number of urea groups is 1. The average molecular weight is 531 g/mol. The number of nitrogens with one attached hydrogen (secondary N) is 1. The van der Waals surface area contributed by atoms with Crippen molar-refractivity contribution in [3.8, 4) is 5.75 Å². The van der Waals surface area contributed by atoms with Gasteiger partial charge in [0, 0.05) is 5.56 Å². The number of benzene rings is 4. The molecule has 5 rings (SSSR count). The molecule has 0 radical (unpaired) electrons. The lowest BCUT2D eigenvalue weighted by Gasteiger charge is -2.26. The molecule has 6 nitrogen and oxygen atoms in total. The lowest BCUT2D eigenvalue weighted by Crippen LogP contribution is -2.54. The summed E-state index contributed by atoms with van der Waals surface area (Å²) >= 11 is 12.2. The zero-order valence-corrected chi connectivity index (χ0v) is 21.1. The number of imide groups is 2. The normalized spacial score (nSPS) is 14.8. The standard InChI is InChI=1S/C29H20Cl2N2O4/c1-17-6-10-20(11-7-17)33-28(35)23(27(34)32-29(33)36)15-22-21-5-3-2-4-19(21)9-13-26(22)37-16-18-8-12-24(30)25(31)14-18/h2-15H,16H2,1H3,(H,32,34,36)/b23-15+. The van der Waals surface area contributed by atoms with E-state index in [2.05, 4.69) is 5.32 Å². The highest BCUT2D eigenvalue weighted by Gasteiger charge is 2.37. The molecular formula is C29H20Cl2N2O4. The second-order valence-electron chi connectivity index (χ2n) is 8.53. The summed E-state index contributed by atoms with van der Waals surface area (Å²) in [6.45, 7) is 2.08. The van der Waals surface area contributed by atoms with Crippen LogP contribution >= 0.6 is 23.2 Å². The van der Waals surface area contributed by atoms with Crippen LogP contribution in [0.2, 0.25) is 10.0 Å². The first-order valence-electron chi connectivity index (χ1n) is 11.4. The van der Waals surface area contributed by atoms with Crippen molar-refractivity contribution in [1.29, 1.82) is 0 Å². The fraction of sp³-hybridized carbons (Fsp3) is 0.0690. The molecule has 0 aliphatic carbocycles. The molecule has 0 spiro atoms. The van der Waals surface area contributed by atoms with E-state index in [9.17, 15) is 14.4 Å². The molecule has 0 unspecified atom stereocenters. The summed E-state index contributed by atoms with van der Waals surface area (Å²) in [5, 5.41) is 4.80. The maximum Gasteiger partial charge on any atom is 0.335 e. The lowest BCUT2D eigenvalue weighted by molar-refractivity contribution is -0.122. The molecule has 37 heavy (non-hydrogen) atoms. The lowest BCUT2D eigenvalue weighted by atomic mass is 9.99. The molecule has 1 heterocycles. The van der Waals surface area contributed by atoms with Gasteiger partial charge in [-0.15, -0.1) is 0 Å². The molecule has 0 atom stereocenters. The Labute approximate surface area is 223 Å². The minimum absolute atomic E-state index is 0.180. The van der Waals surface area contributed by atoms with E-state index in [0.29, 0.717) is 27.0 Å². The van der Waals surface area contributed by atoms with Gasteiger partial charge in [0.1, 0.15) is 17.9 Å². The fourth-order valence-electron chi connectivity index (χ4n) is 4.07. The Morgan fingerprint density at radius 3 is 2.41 bits per heavy atom. The molecule has 0 bridgehead atoms. The molecule has 1 N–H and O–H groups in total. The molecule has 4 aromatic carbocycles. The molecule has 0 aromatic heterocycles. The first kappa shape index (κ1) is 24.6. The van der Waals surface area contributed by atoms with E-state index in [-0.39, 0.29) is 12.2 Å². The molecule has 1 aliphatic heterocycles. The highest BCUT2D eigenvalue weighted by Crippen LogP contribution is 2.33. The minimum Gasteiger partial charge on any atom is -0.488 e. The van der Waals surface area contributed by atoms with Gasteiger partial charge in [-0.25, -0.2) is 9.69 Å². The molecule has 4 aromatic rings. The quantitative estimate of drug-likeness (QED) is 0.230.